The number of hydrogen-bond acceptors (Lipinski definition) is 3. The fourth-order valence-electron chi connectivity index (χ4n) is 1.90. The van der Waals surface area contributed by atoms with Gasteiger partial charge in [-0.1, -0.05) is 6.92 Å². The smallest absolute Gasteiger partial charge is 0.252 e. The molecule has 1 unspecified atom stereocenters. The highest BCUT2D eigenvalue weighted by Gasteiger charge is 2.16. The molecule has 1 amide bonds. The molecule has 2 aromatic rings. The predicted molar refractivity (Wildman–Crippen MR) is 78.5 cm³/mol. The Morgan fingerprint density at radius 2 is 2.25 bits per heavy atom. The van der Waals surface area contributed by atoms with E-state index in [9.17, 15) is 9.18 Å². The quantitative estimate of drug-likeness (QED) is 0.934. The first-order valence-electron chi connectivity index (χ1n) is 6.53. The van der Waals surface area contributed by atoms with Gasteiger partial charge in [-0.2, -0.15) is 0 Å². The van der Waals surface area contributed by atoms with Gasteiger partial charge in [-0.25, -0.2) is 9.37 Å². The van der Waals surface area contributed by atoms with E-state index in [1.807, 2.05) is 13.1 Å². The highest BCUT2D eigenvalue weighted by Crippen LogP contribution is 2.21. The van der Waals surface area contributed by atoms with Crippen LogP contribution in [0.5, 0.6) is 0 Å². The summed E-state index contributed by atoms with van der Waals surface area (Å²) >= 11 is 1.60. The Kier molecular flexibility index (Phi) is 4.49. The number of thiazole rings is 1. The van der Waals surface area contributed by atoms with Gasteiger partial charge in [0.25, 0.3) is 5.91 Å². The van der Waals surface area contributed by atoms with Crippen LogP contribution in [0.15, 0.2) is 24.4 Å². The summed E-state index contributed by atoms with van der Waals surface area (Å²) in [5, 5.41) is 3.78. The van der Waals surface area contributed by atoms with Crippen molar-refractivity contribution in [1.82, 2.24) is 10.3 Å². The summed E-state index contributed by atoms with van der Waals surface area (Å²) in [6, 6.07) is 4.01. The van der Waals surface area contributed by atoms with Gasteiger partial charge in [0.05, 0.1) is 6.04 Å². The molecule has 106 valence electrons. The van der Waals surface area contributed by atoms with Crippen molar-refractivity contribution in [2.45, 2.75) is 33.2 Å². The van der Waals surface area contributed by atoms with Gasteiger partial charge in [0.2, 0.25) is 0 Å². The van der Waals surface area contributed by atoms with Crippen LogP contribution in [0.3, 0.4) is 0 Å². The minimum absolute atomic E-state index is 0.155. The maximum Gasteiger partial charge on any atom is 0.252 e. The van der Waals surface area contributed by atoms with Crippen LogP contribution in [0.25, 0.3) is 0 Å². The third-order valence-electron chi connectivity index (χ3n) is 3.07. The molecule has 2 rings (SSSR count). The highest BCUT2D eigenvalue weighted by atomic mass is 32.1. The number of carbonyl (C=O) groups excluding carboxylic acids is 1. The molecule has 0 saturated heterocycles. The monoisotopic (exact) mass is 292 g/mol. The zero-order valence-electron chi connectivity index (χ0n) is 11.7. The van der Waals surface area contributed by atoms with Crippen molar-refractivity contribution in [3.05, 3.63) is 51.2 Å². The number of carbonyl (C=O) groups is 1. The second-order valence-corrected chi connectivity index (χ2v) is 5.82. The van der Waals surface area contributed by atoms with Crippen LogP contribution in [-0.2, 0) is 6.42 Å². The topological polar surface area (TPSA) is 42.0 Å². The summed E-state index contributed by atoms with van der Waals surface area (Å²) < 4.78 is 13.0. The fraction of sp³-hybridized carbons (Fsp3) is 0.333. The van der Waals surface area contributed by atoms with Crippen molar-refractivity contribution in [2.75, 3.05) is 0 Å². The van der Waals surface area contributed by atoms with E-state index >= 15 is 0 Å². The first-order valence-corrected chi connectivity index (χ1v) is 7.34. The number of aryl methyl sites for hydroxylation is 2. The lowest BCUT2D eigenvalue weighted by atomic mass is 10.1. The Morgan fingerprint density at radius 1 is 1.50 bits per heavy atom. The molecule has 1 atom stereocenters. The molecule has 1 aromatic heterocycles. The van der Waals surface area contributed by atoms with E-state index in [1.54, 1.807) is 18.3 Å². The molecular formula is C15H17FN2OS. The Morgan fingerprint density at radius 3 is 2.85 bits per heavy atom. The summed E-state index contributed by atoms with van der Waals surface area (Å²) in [6.07, 6.45) is 2.78. The van der Waals surface area contributed by atoms with E-state index in [2.05, 4.69) is 17.2 Å². The van der Waals surface area contributed by atoms with Gasteiger partial charge < -0.3 is 5.32 Å². The normalized spacial score (nSPS) is 12.2. The molecular weight excluding hydrogens is 275 g/mol. The zero-order valence-corrected chi connectivity index (χ0v) is 12.6. The molecule has 0 aliphatic carbocycles. The molecule has 0 aliphatic rings. The molecule has 0 aliphatic heterocycles. The van der Waals surface area contributed by atoms with Crippen molar-refractivity contribution in [3.63, 3.8) is 0 Å². The molecule has 0 spiro atoms. The number of rotatable bonds is 4. The second kappa shape index (κ2) is 6.13. The summed E-state index contributed by atoms with van der Waals surface area (Å²) in [6.45, 7) is 5.69. The number of amides is 1. The Labute approximate surface area is 121 Å². The Balaban J connectivity index is 2.10. The van der Waals surface area contributed by atoms with Gasteiger partial charge in [0.15, 0.2) is 0 Å². The summed E-state index contributed by atoms with van der Waals surface area (Å²) in [4.78, 5) is 17.7. The molecule has 1 aromatic carbocycles. The zero-order chi connectivity index (χ0) is 14.7. The minimum Gasteiger partial charge on any atom is -0.343 e. The minimum atomic E-state index is -0.334. The van der Waals surface area contributed by atoms with Crippen LogP contribution in [0.4, 0.5) is 4.39 Å². The van der Waals surface area contributed by atoms with E-state index in [4.69, 9.17) is 0 Å². The van der Waals surface area contributed by atoms with Crippen molar-refractivity contribution < 1.29 is 9.18 Å². The lowest BCUT2D eigenvalue weighted by molar-refractivity contribution is 0.0939. The standard InChI is InChI=1S/C15H17FN2OS/c1-4-12-8-17-15(20-12)10(3)18-14(19)13-6-5-11(16)7-9(13)2/h5-8,10H,4H2,1-3H3,(H,18,19). The van der Waals surface area contributed by atoms with Crippen LogP contribution < -0.4 is 5.32 Å². The average molecular weight is 292 g/mol. The largest absolute Gasteiger partial charge is 0.343 e. The van der Waals surface area contributed by atoms with Crippen molar-refractivity contribution in [1.29, 1.82) is 0 Å². The van der Waals surface area contributed by atoms with Crippen molar-refractivity contribution in [2.24, 2.45) is 0 Å². The van der Waals surface area contributed by atoms with Gasteiger partial charge in [-0.15, -0.1) is 11.3 Å². The molecule has 3 nitrogen and oxygen atoms in total. The van der Waals surface area contributed by atoms with E-state index in [1.165, 1.54) is 23.1 Å². The molecule has 1 N–H and O–H groups in total. The van der Waals surface area contributed by atoms with E-state index in [0.29, 0.717) is 11.1 Å². The summed E-state index contributed by atoms with van der Waals surface area (Å²) in [5.41, 5.74) is 1.12. The first-order chi connectivity index (χ1) is 9.51. The molecule has 20 heavy (non-hydrogen) atoms. The highest BCUT2D eigenvalue weighted by molar-refractivity contribution is 7.11. The van der Waals surface area contributed by atoms with Crippen LogP contribution in [-0.4, -0.2) is 10.9 Å². The maximum absolute atomic E-state index is 13.0. The average Bonchev–Trinajstić information content (AvgIpc) is 2.87. The number of nitrogens with one attached hydrogen (secondary N) is 1. The molecule has 1 heterocycles. The first kappa shape index (κ1) is 14.7. The van der Waals surface area contributed by atoms with Gasteiger partial charge in [0, 0.05) is 16.6 Å². The third kappa shape index (κ3) is 3.22. The summed E-state index contributed by atoms with van der Waals surface area (Å²) in [5.74, 6) is -0.539. The molecule has 0 radical (unpaired) electrons. The number of nitrogens with zero attached hydrogens (tertiary/aromatic N) is 1. The number of halogens is 1. The third-order valence-corrected chi connectivity index (χ3v) is 4.40. The molecule has 0 saturated carbocycles. The Bertz CT molecular complexity index is 624. The Hall–Kier alpha value is -1.75. The van der Waals surface area contributed by atoms with Gasteiger partial charge in [-0.3, -0.25) is 4.79 Å². The number of aromatic nitrogens is 1. The van der Waals surface area contributed by atoms with Crippen LogP contribution >= 0.6 is 11.3 Å². The molecule has 0 bridgehead atoms. The van der Waals surface area contributed by atoms with Crippen molar-refractivity contribution >= 4 is 17.2 Å². The maximum atomic E-state index is 13.0. The van der Waals surface area contributed by atoms with Gasteiger partial charge >= 0.3 is 0 Å². The van der Waals surface area contributed by atoms with Crippen LogP contribution in [0, 0.1) is 12.7 Å². The van der Waals surface area contributed by atoms with Gasteiger partial charge in [-0.05, 0) is 44.0 Å². The SMILES string of the molecule is CCc1cnc(C(C)NC(=O)c2ccc(F)cc2C)s1. The van der Waals surface area contributed by atoms with Crippen molar-refractivity contribution in [3.8, 4) is 0 Å². The van der Waals surface area contributed by atoms with Crippen LogP contribution in [0.2, 0.25) is 0 Å². The van der Waals surface area contributed by atoms with Crippen LogP contribution in [0.1, 0.15) is 45.7 Å². The number of hydrogen-bond donors (Lipinski definition) is 1. The van der Waals surface area contributed by atoms with E-state index in [-0.39, 0.29) is 17.8 Å². The predicted octanol–water partition coefficient (Wildman–Crippen LogP) is 3.64. The van der Waals surface area contributed by atoms with E-state index < -0.39 is 0 Å². The lowest BCUT2D eigenvalue weighted by Gasteiger charge is -2.12. The fourth-order valence-corrected chi connectivity index (χ4v) is 2.76. The second-order valence-electron chi connectivity index (χ2n) is 4.67. The lowest BCUT2D eigenvalue weighted by Crippen LogP contribution is -2.27. The van der Waals surface area contributed by atoms with Gasteiger partial charge in [0.1, 0.15) is 10.8 Å². The summed E-state index contributed by atoms with van der Waals surface area (Å²) in [7, 11) is 0. The molecule has 0 fully saturated rings. The number of benzene rings is 1. The van der Waals surface area contributed by atoms with E-state index in [0.717, 1.165) is 11.4 Å². The molecule has 5 heteroatoms.